The fourth-order valence-corrected chi connectivity index (χ4v) is 4.79. The molecular formula is C18H25N6O9P. The van der Waals surface area contributed by atoms with E-state index in [-0.39, 0.29) is 24.7 Å². The van der Waals surface area contributed by atoms with Crippen LogP contribution in [0, 0.1) is 11.3 Å². The summed E-state index contributed by atoms with van der Waals surface area (Å²) in [5.41, 5.74) is 4.32. The molecule has 34 heavy (non-hydrogen) atoms. The van der Waals surface area contributed by atoms with Gasteiger partial charge in [0.1, 0.15) is 48.9 Å². The summed E-state index contributed by atoms with van der Waals surface area (Å²) in [4.78, 5) is 15.1. The monoisotopic (exact) mass is 500 g/mol. The molecule has 1 aliphatic heterocycles. The molecule has 1 aliphatic rings. The van der Waals surface area contributed by atoms with E-state index in [4.69, 9.17) is 29.4 Å². The van der Waals surface area contributed by atoms with Crippen LogP contribution in [0.4, 0.5) is 5.82 Å². The Kier molecular flexibility index (Phi) is 7.86. The summed E-state index contributed by atoms with van der Waals surface area (Å²) in [5, 5.41) is 46.6. The maximum absolute atomic E-state index is 13.1. The Balaban J connectivity index is 1.85. The molecule has 0 aromatic carbocycles. The molecule has 1 saturated heterocycles. The van der Waals surface area contributed by atoms with Gasteiger partial charge >= 0.3 is 13.7 Å². The summed E-state index contributed by atoms with van der Waals surface area (Å²) in [7, 11) is -2.94. The lowest BCUT2D eigenvalue weighted by Gasteiger charge is -2.28. The van der Waals surface area contributed by atoms with Gasteiger partial charge in [-0.2, -0.15) is 10.4 Å². The van der Waals surface area contributed by atoms with Crippen LogP contribution in [0.3, 0.4) is 0 Å². The molecule has 3 rings (SSSR count). The van der Waals surface area contributed by atoms with Crippen molar-refractivity contribution in [3.8, 4) is 6.07 Å². The lowest BCUT2D eigenvalue weighted by molar-refractivity contribution is -0.138. The predicted molar refractivity (Wildman–Crippen MR) is 113 cm³/mol. The largest absolute Gasteiger partial charge is 0.480 e. The predicted octanol–water partition coefficient (Wildman–Crippen LogP) is -0.783. The van der Waals surface area contributed by atoms with Crippen molar-refractivity contribution in [2.75, 3.05) is 32.7 Å². The molecule has 0 radical (unpaired) electrons. The number of carboxylic acid groups (broad SMARTS) is 1. The first kappa shape index (κ1) is 25.9. The normalized spacial score (nSPS) is 27.3. The Bertz CT molecular complexity index is 1120. The number of carboxylic acids is 1. The maximum atomic E-state index is 13.1. The van der Waals surface area contributed by atoms with Gasteiger partial charge in [-0.1, -0.05) is 0 Å². The van der Waals surface area contributed by atoms with Crippen LogP contribution >= 0.6 is 7.75 Å². The highest BCUT2D eigenvalue weighted by Crippen LogP contribution is 2.48. The van der Waals surface area contributed by atoms with Crippen molar-refractivity contribution < 1.29 is 43.2 Å². The average Bonchev–Trinajstić information content (AvgIpc) is 3.33. The van der Waals surface area contributed by atoms with Gasteiger partial charge in [0.15, 0.2) is 5.82 Å². The molecule has 6 atom stereocenters. The number of rotatable bonds is 11. The Morgan fingerprint density at radius 2 is 2.18 bits per heavy atom. The zero-order chi connectivity index (χ0) is 25.1. The number of ether oxygens (including phenoxy) is 2. The van der Waals surface area contributed by atoms with E-state index in [1.807, 2.05) is 0 Å². The Morgan fingerprint density at radius 1 is 1.44 bits per heavy atom. The minimum atomic E-state index is -4.32. The van der Waals surface area contributed by atoms with E-state index in [1.165, 1.54) is 30.9 Å². The number of nitrogen functional groups attached to an aromatic ring is 1. The van der Waals surface area contributed by atoms with Gasteiger partial charge in [0, 0.05) is 7.11 Å². The topological polar surface area (TPSA) is 224 Å². The van der Waals surface area contributed by atoms with Crippen LogP contribution in [0.1, 0.15) is 18.7 Å². The highest BCUT2D eigenvalue weighted by molar-refractivity contribution is 7.51. The molecule has 0 aliphatic carbocycles. The molecule has 0 bridgehead atoms. The van der Waals surface area contributed by atoms with Gasteiger partial charge in [-0.15, -0.1) is 0 Å². The van der Waals surface area contributed by atoms with Crippen LogP contribution in [0.15, 0.2) is 18.5 Å². The average molecular weight is 500 g/mol. The van der Waals surface area contributed by atoms with Crippen molar-refractivity contribution in [1.29, 1.82) is 5.26 Å². The SMILES string of the molecule is COCCOP(=O)(N[C@@H](C)C(=O)O)OC[C@@]1(C#N)O[C@@H](c2ccc3c(N)ncnn23)[C@H](O)[C@@H]1O. The van der Waals surface area contributed by atoms with Crippen molar-refractivity contribution in [2.24, 2.45) is 0 Å². The smallest absolute Gasteiger partial charge is 0.406 e. The summed E-state index contributed by atoms with van der Waals surface area (Å²) in [6.07, 6.45) is -3.45. The van der Waals surface area contributed by atoms with Crippen LogP contribution < -0.4 is 10.8 Å². The van der Waals surface area contributed by atoms with Gasteiger partial charge in [-0.3, -0.25) is 13.8 Å². The molecule has 2 aromatic heterocycles. The van der Waals surface area contributed by atoms with E-state index in [0.29, 0.717) is 5.52 Å². The minimum Gasteiger partial charge on any atom is -0.480 e. The maximum Gasteiger partial charge on any atom is 0.406 e. The molecule has 0 amide bonds. The number of aromatic nitrogens is 3. The molecule has 0 spiro atoms. The molecule has 6 N–H and O–H groups in total. The fourth-order valence-electron chi connectivity index (χ4n) is 3.30. The summed E-state index contributed by atoms with van der Waals surface area (Å²) in [6.45, 7) is 0.178. The van der Waals surface area contributed by atoms with Crippen LogP contribution in [-0.2, 0) is 27.9 Å². The van der Waals surface area contributed by atoms with Crippen molar-refractivity contribution in [3.05, 3.63) is 24.2 Å². The van der Waals surface area contributed by atoms with Gasteiger partial charge in [0.05, 0.1) is 18.9 Å². The van der Waals surface area contributed by atoms with Gasteiger partial charge < -0.3 is 30.5 Å². The summed E-state index contributed by atoms with van der Waals surface area (Å²) in [6, 6.07) is 3.53. The zero-order valence-electron chi connectivity index (χ0n) is 18.3. The first-order valence-electron chi connectivity index (χ1n) is 9.99. The van der Waals surface area contributed by atoms with Gasteiger partial charge in [0.2, 0.25) is 5.60 Å². The molecule has 2 aromatic rings. The lowest BCUT2D eigenvalue weighted by Crippen LogP contribution is -2.46. The Morgan fingerprint density at radius 3 is 2.82 bits per heavy atom. The summed E-state index contributed by atoms with van der Waals surface area (Å²) in [5.74, 6) is -1.17. The lowest BCUT2D eigenvalue weighted by atomic mass is 9.96. The number of nitriles is 1. The highest BCUT2D eigenvalue weighted by Gasteiger charge is 2.57. The number of aliphatic carboxylic acids is 1. The second-order valence-electron chi connectivity index (χ2n) is 7.46. The van der Waals surface area contributed by atoms with Gasteiger partial charge in [0.25, 0.3) is 0 Å². The van der Waals surface area contributed by atoms with Crippen molar-refractivity contribution in [3.63, 3.8) is 0 Å². The van der Waals surface area contributed by atoms with Crippen LogP contribution in [0.25, 0.3) is 5.52 Å². The highest BCUT2D eigenvalue weighted by atomic mass is 31.2. The van der Waals surface area contributed by atoms with E-state index < -0.39 is 50.3 Å². The number of nitrogens with zero attached hydrogens (tertiary/aromatic N) is 4. The standard InChI is InChI=1S/C18H25N6O9P/c1-10(17(27)28)23-34(29,31-6-5-30-2)32-8-18(7-19)15(26)13(25)14(33-18)11-3-4-12-16(20)21-9-22-24(11)12/h3-4,9-10,13-15,25-26H,5-6,8H2,1-2H3,(H,23,29)(H,27,28)(H2,20,21,22)/t10-,13-,14-,15-,18+,34?/m0/s1. The molecule has 16 heteroatoms. The Hall–Kier alpha value is -2.67. The molecular weight excluding hydrogens is 475 g/mol. The van der Waals surface area contributed by atoms with Crippen molar-refractivity contribution >= 4 is 25.1 Å². The second-order valence-corrected chi connectivity index (χ2v) is 9.23. The zero-order valence-corrected chi connectivity index (χ0v) is 19.2. The number of nitrogens with one attached hydrogen (secondary N) is 1. The van der Waals surface area contributed by atoms with Crippen LogP contribution in [0.5, 0.6) is 0 Å². The second kappa shape index (κ2) is 10.3. The number of aliphatic hydroxyl groups excluding tert-OH is 2. The first-order chi connectivity index (χ1) is 16.1. The van der Waals surface area contributed by atoms with Crippen LogP contribution in [-0.4, -0.2) is 86.7 Å². The number of carbonyl (C=O) groups is 1. The number of nitrogens with two attached hydrogens (primary N) is 1. The van der Waals surface area contributed by atoms with Crippen LogP contribution in [0.2, 0.25) is 0 Å². The van der Waals surface area contributed by atoms with E-state index in [9.17, 15) is 24.8 Å². The van der Waals surface area contributed by atoms with E-state index in [0.717, 1.165) is 0 Å². The number of aliphatic hydroxyl groups is 2. The van der Waals surface area contributed by atoms with E-state index in [1.54, 1.807) is 12.1 Å². The molecule has 0 saturated carbocycles. The quantitative estimate of drug-likeness (QED) is 0.188. The van der Waals surface area contributed by atoms with Crippen molar-refractivity contribution in [2.45, 2.75) is 36.9 Å². The molecule has 186 valence electrons. The first-order valence-corrected chi connectivity index (χ1v) is 11.5. The summed E-state index contributed by atoms with van der Waals surface area (Å²) >= 11 is 0. The number of anilines is 1. The van der Waals surface area contributed by atoms with Gasteiger partial charge in [-0.05, 0) is 19.1 Å². The fraction of sp³-hybridized carbons (Fsp3) is 0.556. The number of fused-ring (bicyclic) bond motifs is 1. The number of hydrogen-bond donors (Lipinski definition) is 5. The molecule has 1 unspecified atom stereocenters. The Labute approximate surface area is 193 Å². The number of methoxy groups -OCH3 is 1. The third-order valence-electron chi connectivity index (χ3n) is 5.16. The molecule has 15 nitrogen and oxygen atoms in total. The summed E-state index contributed by atoms with van der Waals surface area (Å²) < 4.78 is 35.5. The molecule has 3 heterocycles. The number of hydrogen-bond acceptors (Lipinski definition) is 12. The van der Waals surface area contributed by atoms with Crippen molar-refractivity contribution in [1.82, 2.24) is 19.7 Å². The third-order valence-corrected chi connectivity index (χ3v) is 6.86. The molecule has 1 fully saturated rings. The third kappa shape index (κ3) is 5.04. The van der Waals surface area contributed by atoms with E-state index >= 15 is 0 Å². The van der Waals surface area contributed by atoms with E-state index in [2.05, 4.69) is 15.2 Å². The minimum absolute atomic E-state index is 0.0199. The van der Waals surface area contributed by atoms with Gasteiger partial charge in [-0.25, -0.2) is 19.2 Å².